The first-order chi connectivity index (χ1) is 9.72. The number of aliphatic hydroxyl groups excluding tert-OH is 1. The lowest BCUT2D eigenvalue weighted by Gasteiger charge is -2.15. The van der Waals surface area contributed by atoms with E-state index in [2.05, 4.69) is 4.98 Å². The van der Waals surface area contributed by atoms with E-state index in [9.17, 15) is 5.11 Å². The van der Waals surface area contributed by atoms with Gasteiger partial charge in [-0.15, -0.1) is 0 Å². The SMILES string of the molecule is COc1ccc(CC(CO)Cc2ccncc2Cl)cc1. The number of hydrogen-bond acceptors (Lipinski definition) is 3. The quantitative estimate of drug-likeness (QED) is 0.889. The fourth-order valence-electron chi connectivity index (χ4n) is 2.18. The summed E-state index contributed by atoms with van der Waals surface area (Å²) in [5.74, 6) is 0.981. The van der Waals surface area contributed by atoms with Crippen LogP contribution in [0.25, 0.3) is 0 Å². The van der Waals surface area contributed by atoms with Gasteiger partial charge in [-0.25, -0.2) is 0 Å². The summed E-state index contributed by atoms with van der Waals surface area (Å²) in [6.45, 7) is 0.130. The molecular formula is C16H18ClNO2. The van der Waals surface area contributed by atoms with Crippen LogP contribution in [0.4, 0.5) is 0 Å². The number of hydrogen-bond donors (Lipinski definition) is 1. The van der Waals surface area contributed by atoms with Crippen LogP contribution in [0.5, 0.6) is 5.75 Å². The molecule has 0 aliphatic rings. The Kier molecular flexibility index (Phi) is 5.39. The van der Waals surface area contributed by atoms with E-state index in [1.54, 1.807) is 19.5 Å². The average molecular weight is 292 g/mol. The topological polar surface area (TPSA) is 42.4 Å². The van der Waals surface area contributed by atoms with E-state index in [1.807, 2.05) is 30.3 Å². The number of pyridine rings is 1. The van der Waals surface area contributed by atoms with Crippen molar-refractivity contribution in [2.45, 2.75) is 12.8 Å². The molecule has 2 aromatic rings. The Morgan fingerprint density at radius 3 is 2.55 bits per heavy atom. The Morgan fingerprint density at radius 1 is 1.20 bits per heavy atom. The predicted molar refractivity (Wildman–Crippen MR) is 80.2 cm³/mol. The van der Waals surface area contributed by atoms with Gasteiger partial charge in [0, 0.05) is 19.0 Å². The molecule has 0 aliphatic heterocycles. The van der Waals surface area contributed by atoms with Crippen LogP contribution >= 0.6 is 11.6 Å². The van der Waals surface area contributed by atoms with E-state index >= 15 is 0 Å². The highest BCUT2D eigenvalue weighted by Crippen LogP contribution is 2.21. The Balaban J connectivity index is 2.03. The number of nitrogens with zero attached hydrogens (tertiary/aromatic N) is 1. The minimum absolute atomic E-state index is 0.130. The van der Waals surface area contributed by atoms with Crippen molar-refractivity contribution in [3.8, 4) is 5.75 Å². The zero-order chi connectivity index (χ0) is 14.4. The van der Waals surface area contributed by atoms with Crippen molar-refractivity contribution in [1.82, 2.24) is 4.98 Å². The highest BCUT2D eigenvalue weighted by atomic mass is 35.5. The molecule has 106 valence electrons. The Hall–Kier alpha value is -1.58. The van der Waals surface area contributed by atoms with Gasteiger partial charge in [0.25, 0.3) is 0 Å². The molecule has 3 nitrogen and oxygen atoms in total. The van der Waals surface area contributed by atoms with Crippen LogP contribution < -0.4 is 4.74 Å². The fraction of sp³-hybridized carbons (Fsp3) is 0.312. The molecule has 0 bridgehead atoms. The summed E-state index contributed by atoms with van der Waals surface area (Å²) in [6.07, 6.45) is 4.91. The Morgan fingerprint density at radius 2 is 1.95 bits per heavy atom. The molecule has 2 rings (SSSR count). The predicted octanol–water partition coefficient (Wildman–Crippen LogP) is 3.14. The third-order valence-corrected chi connectivity index (χ3v) is 3.65. The second-order valence-electron chi connectivity index (χ2n) is 4.77. The number of aromatic nitrogens is 1. The van der Waals surface area contributed by atoms with Gasteiger partial charge in [0.05, 0.1) is 12.1 Å². The lowest BCUT2D eigenvalue weighted by atomic mass is 9.93. The van der Waals surface area contributed by atoms with Gasteiger partial charge in [0.15, 0.2) is 0 Å². The minimum Gasteiger partial charge on any atom is -0.497 e. The van der Waals surface area contributed by atoms with Gasteiger partial charge in [0.2, 0.25) is 0 Å². The number of halogens is 1. The van der Waals surface area contributed by atoms with Crippen molar-refractivity contribution < 1.29 is 9.84 Å². The van der Waals surface area contributed by atoms with Crippen LogP contribution in [0, 0.1) is 5.92 Å². The average Bonchev–Trinajstić information content (AvgIpc) is 2.49. The summed E-state index contributed by atoms with van der Waals surface area (Å²) in [5, 5.41) is 10.2. The van der Waals surface area contributed by atoms with Gasteiger partial charge < -0.3 is 9.84 Å². The molecular weight excluding hydrogens is 274 g/mol. The maximum absolute atomic E-state index is 9.56. The van der Waals surface area contributed by atoms with E-state index in [-0.39, 0.29) is 12.5 Å². The van der Waals surface area contributed by atoms with Gasteiger partial charge in [-0.3, -0.25) is 4.98 Å². The first kappa shape index (κ1) is 14.8. The molecule has 0 saturated heterocycles. The standard InChI is InChI=1S/C16H18ClNO2/c1-20-15-4-2-12(3-5-15)8-13(11-19)9-14-6-7-18-10-16(14)17/h2-7,10,13,19H,8-9,11H2,1H3. The molecule has 1 heterocycles. The van der Waals surface area contributed by atoms with Crippen molar-refractivity contribution in [3.63, 3.8) is 0 Å². The first-order valence-corrected chi connectivity index (χ1v) is 6.93. The summed E-state index contributed by atoms with van der Waals surface area (Å²) >= 11 is 6.11. The Bertz CT molecular complexity index is 542. The third kappa shape index (κ3) is 3.95. The Labute approximate surface area is 124 Å². The van der Waals surface area contributed by atoms with E-state index in [0.29, 0.717) is 5.02 Å². The van der Waals surface area contributed by atoms with Gasteiger partial charge >= 0.3 is 0 Å². The van der Waals surface area contributed by atoms with Crippen molar-refractivity contribution in [1.29, 1.82) is 0 Å². The van der Waals surface area contributed by atoms with Gasteiger partial charge in [-0.1, -0.05) is 23.7 Å². The monoisotopic (exact) mass is 291 g/mol. The zero-order valence-corrected chi connectivity index (χ0v) is 12.2. The minimum atomic E-state index is 0.130. The van der Waals surface area contributed by atoms with Crippen LogP contribution in [-0.4, -0.2) is 23.8 Å². The molecule has 0 spiro atoms. The summed E-state index contributed by atoms with van der Waals surface area (Å²) < 4.78 is 5.14. The van der Waals surface area contributed by atoms with Crippen LogP contribution in [0.2, 0.25) is 5.02 Å². The van der Waals surface area contributed by atoms with Crippen LogP contribution in [0.15, 0.2) is 42.7 Å². The largest absolute Gasteiger partial charge is 0.497 e. The lowest BCUT2D eigenvalue weighted by molar-refractivity contribution is 0.225. The van der Waals surface area contributed by atoms with Gasteiger partial charge in [-0.2, -0.15) is 0 Å². The summed E-state index contributed by atoms with van der Waals surface area (Å²) in [6, 6.07) is 9.82. The maximum Gasteiger partial charge on any atom is 0.118 e. The highest BCUT2D eigenvalue weighted by molar-refractivity contribution is 6.31. The molecule has 1 aromatic heterocycles. The number of rotatable bonds is 6. The molecule has 0 fully saturated rings. The normalized spacial score (nSPS) is 12.2. The second-order valence-corrected chi connectivity index (χ2v) is 5.18. The molecule has 0 amide bonds. The van der Waals surface area contributed by atoms with Crippen molar-refractivity contribution in [3.05, 3.63) is 58.9 Å². The fourth-order valence-corrected chi connectivity index (χ4v) is 2.37. The number of benzene rings is 1. The highest BCUT2D eigenvalue weighted by Gasteiger charge is 2.12. The molecule has 0 aliphatic carbocycles. The second kappa shape index (κ2) is 7.27. The van der Waals surface area contributed by atoms with Crippen LogP contribution in [0.1, 0.15) is 11.1 Å². The van der Waals surface area contributed by atoms with Crippen molar-refractivity contribution in [2.24, 2.45) is 5.92 Å². The molecule has 4 heteroatoms. The smallest absolute Gasteiger partial charge is 0.118 e. The van der Waals surface area contributed by atoms with Crippen molar-refractivity contribution in [2.75, 3.05) is 13.7 Å². The van der Waals surface area contributed by atoms with E-state index in [1.165, 1.54) is 5.56 Å². The summed E-state index contributed by atoms with van der Waals surface area (Å²) in [5.41, 5.74) is 2.20. The zero-order valence-electron chi connectivity index (χ0n) is 11.4. The number of ether oxygens (including phenoxy) is 1. The van der Waals surface area contributed by atoms with Crippen LogP contribution in [-0.2, 0) is 12.8 Å². The first-order valence-electron chi connectivity index (χ1n) is 6.55. The molecule has 1 atom stereocenters. The van der Waals surface area contributed by atoms with Crippen molar-refractivity contribution >= 4 is 11.6 Å². The molecule has 1 aromatic carbocycles. The molecule has 1 N–H and O–H groups in total. The van der Waals surface area contributed by atoms with E-state index < -0.39 is 0 Å². The molecule has 0 saturated carbocycles. The molecule has 1 unspecified atom stereocenters. The van der Waals surface area contributed by atoms with Gasteiger partial charge in [0.1, 0.15) is 5.75 Å². The lowest BCUT2D eigenvalue weighted by Crippen LogP contribution is -2.13. The summed E-state index contributed by atoms with van der Waals surface area (Å²) in [7, 11) is 1.65. The third-order valence-electron chi connectivity index (χ3n) is 3.31. The van der Waals surface area contributed by atoms with Gasteiger partial charge in [-0.05, 0) is 48.1 Å². The molecule has 20 heavy (non-hydrogen) atoms. The summed E-state index contributed by atoms with van der Waals surface area (Å²) in [4.78, 5) is 3.97. The number of aliphatic hydroxyl groups is 1. The maximum atomic E-state index is 9.56. The van der Waals surface area contributed by atoms with E-state index in [4.69, 9.17) is 16.3 Å². The molecule has 0 radical (unpaired) electrons. The van der Waals surface area contributed by atoms with Crippen LogP contribution in [0.3, 0.4) is 0 Å². The van der Waals surface area contributed by atoms with E-state index in [0.717, 1.165) is 24.2 Å². The number of methoxy groups -OCH3 is 1.